The van der Waals surface area contributed by atoms with Gasteiger partial charge in [0, 0.05) is 6.42 Å². The number of fused-ring (bicyclic) bond motifs is 2. The Balaban J connectivity index is 0.00000218. The van der Waals surface area contributed by atoms with Gasteiger partial charge < -0.3 is 19.2 Å². The molecule has 2 heterocycles. The molecule has 0 amide bonds. The molecule has 2 aromatic carbocycles. The van der Waals surface area contributed by atoms with Gasteiger partial charge in [0.2, 0.25) is 0 Å². The van der Waals surface area contributed by atoms with Crippen LogP contribution in [0.1, 0.15) is 28.7 Å². The number of hydrogen-bond acceptors (Lipinski definition) is 4. The SMILES string of the molecule is Cc1cc2ncn(C3(C(=O)[O-])C=CC4=C(Cc5ccccc5CO4)C3)c2cc1C.[Na+]. The largest absolute Gasteiger partial charge is 1.00 e. The Bertz CT molecular complexity index is 1220. The summed E-state index contributed by atoms with van der Waals surface area (Å²) < 4.78 is 7.74. The van der Waals surface area contributed by atoms with Gasteiger partial charge in [-0.1, -0.05) is 24.3 Å². The molecule has 6 heteroatoms. The molecule has 0 radical (unpaired) electrons. The summed E-state index contributed by atoms with van der Waals surface area (Å²) in [4.78, 5) is 17.0. The number of imidazole rings is 1. The molecule has 1 aliphatic heterocycles. The van der Waals surface area contributed by atoms with Crippen LogP contribution in [-0.4, -0.2) is 15.5 Å². The molecule has 1 unspecified atom stereocenters. The first-order valence-electron chi connectivity index (χ1n) is 9.75. The Morgan fingerprint density at radius 1 is 1.17 bits per heavy atom. The Labute approximate surface area is 197 Å². The molecule has 0 saturated heterocycles. The number of hydrogen-bond donors (Lipinski definition) is 0. The van der Waals surface area contributed by atoms with Gasteiger partial charge in [0.15, 0.2) is 0 Å². The van der Waals surface area contributed by atoms with Gasteiger partial charge in [0.25, 0.3) is 0 Å². The van der Waals surface area contributed by atoms with Crippen molar-refractivity contribution in [2.75, 3.05) is 0 Å². The van der Waals surface area contributed by atoms with Crippen LogP contribution >= 0.6 is 0 Å². The number of carbonyl (C=O) groups excluding carboxylic acids is 1. The summed E-state index contributed by atoms with van der Waals surface area (Å²) in [7, 11) is 0. The fourth-order valence-electron chi connectivity index (χ4n) is 4.34. The molecule has 0 bridgehead atoms. The van der Waals surface area contributed by atoms with Crippen LogP contribution in [0.2, 0.25) is 0 Å². The Hall–Kier alpha value is -2.34. The molecular formula is C24H21N2NaO3. The average molecular weight is 408 g/mol. The van der Waals surface area contributed by atoms with Crippen molar-refractivity contribution in [2.45, 2.75) is 38.8 Å². The van der Waals surface area contributed by atoms with E-state index in [2.05, 4.69) is 17.1 Å². The van der Waals surface area contributed by atoms with Gasteiger partial charge in [-0.3, -0.25) is 0 Å². The van der Waals surface area contributed by atoms with Crippen molar-refractivity contribution in [1.82, 2.24) is 9.55 Å². The quantitative estimate of drug-likeness (QED) is 0.564. The third-order valence-corrected chi connectivity index (χ3v) is 6.19. The van der Waals surface area contributed by atoms with Crippen molar-refractivity contribution in [3.8, 4) is 0 Å². The van der Waals surface area contributed by atoms with Crippen LogP contribution < -0.4 is 34.7 Å². The number of rotatable bonds is 2. The van der Waals surface area contributed by atoms with E-state index in [0.29, 0.717) is 13.0 Å². The van der Waals surface area contributed by atoms with Gasteiger partial charge in [0.1, 0.15) is 17.9 Å². The molecule has 1 aromatic heterocycles. The minimum absolute atomic E-state index is 0. The number of aliphatic carboxylic acids is 1. The second kappa shape index (κ2) is 7.73. The first kappa shape index (κ1) is 20.9. The molecule has 1 atom stereocenters. The van der Waals surface area contributed by atoms with E-state index >= 15 is 0 Å². The van der Waals surface area contributed by atoms with E-state index < -0.39 is 11.5 Å². The number of allylic oxidation sites excluding steroid dienone is 2. The third kappa shape index (κ3) is 3.22. The number of aryl methyl sites for hydroxylation is 2. The van der Waals surface area contributed by atoms with E-state index in [9.17, 15) is 9.90 Å². The second-order valence-electron chi connectivity index (χ2n) is 7.96. The number of carboxylic acid groups (broad SMARTS) is 1. The number of benzene rings is 2. The zero-order valence-electron chi connectivity index (χ0n) is 17.4. The summed E-state index contributed by atoms with van der Waals surface area (Å²) in [5, 5.41) is 12.5. The van der Waals surface area contributed by atoms with E-state index in [-0.39, 0.29) is 36.0 Å². The van der Waals surface area contributed by atoms with Crippen LogP contribution in [0.15, 0.2) is 66.2 Å². The molecule has 5 rings (SSSR count). The number of aromatic nitrogens is 2. The number of nitrogens with zero attached hydrogens (tertiary/aromatic N) is 2. The number of carbonyl (C=O) groups is 1. The predicted octanol–water partition coefficient (Wildman–Crippen LogP) is 0.0892. The molecule has 1 aliphatic carbocycles. The minimum atomic E-state index is -1.34. The minimum Gasteiger partial charge on any atom is -0.547 e. The van der Waals surface area contributed by atoms with Crippen LogP contribution in [0.4, 0.5) is 0 Å². The molecular weight excluding hydrogens is 387 g/mol. The number of ether oxygens (including phenoxy) is 1. The summed E-state index contributed by atoms with van der Waals surface area (Å²) in [6, 6.07) is 12.1. The summed E-state index contributed by atoms with van der Waals surface area (Å²) >= 11 is 0. The van der Waals surface area contributed by atoms with Gasteiger partial charge >= 0.3 is 29.6 Å². The Morgan fingerprint density at radius 2 is 1.90 bits per heavy atom. The zero-order valence-corrected chi connectivity index (χ0v) is 19.4. The van der Waals surface area contributed by atoms with Gasteiger partial charge in [-0.15, -0.1) is 0 Å². The Kier molecular flexibility index (Phi) is 5.39. The van der Waals surface area contributed by atoms with Crippen LogP contribution in [0.5, 0.6) is 0 Å². The third-order valence-electron chi connectivity index (χ3n) is 6.19. The monoisotopic (exact) mass is 408 g/mol. The van der Waals surface area contributed by atoms with E-state index in [1.54, 1.807) is 23.0 Å². The molecule has 146 valence electrons. The molecule has 2 aliphatic rings. The molecule has 0 spiro atoms. The van der Waals surface area contributed by atoms with E-state index in [1.165, 1.54) is 5.56 Å². The standard InChI is InChI=1S/C24H22N2O3.Na/c1-15-9-20-21(10-16(15)2)26(14-25-20)24(23(27)28)8-7-22-19(12-24)11-17-5-3-4-6-18(17)13-29-22;/h3-10,14H,11-13H2,1-2H3,(H,27,28);/q;+1/p-1. The molecule has 0 fully saturated rings. The van der Waals surface area contributed by atoms with Crippen molar-refractivity contribution in [2.24, 2.45) is 0 Å². The first-order chi connectivity index (χ1) is 14.0. The Morgan fingerprint density at radius 3 is 2.67 bits per heavy atom. The molecule has 0 N–H and O–H groups in total. The van der Waals surface area contributed by atoms with Crippen LogP contribution in [-0.2, 0) is 28.1 Å². The summed E-state index contributed by atoms with van der Waals surface area (Å²) in [5.41, 5.74) is 5.73. The molecule has 5 nitrogen and oxygen atoms in total. The zero-order chi connectivity index (χ0) is 20.2. The fourth-order valence-corrected chi connectivity index (χ4v) is 4.34. The summed E-state index contributed by atoms with van der Waals surface area (Å²) in [5.74, 6) is -0.384. The van der Waals surface area contributed by atoms with Crippen LogP contribution in [0.25, 0.3) is 11.0 Å². The van der Waals surface area contributed by atoms with Crippen LogP contribution in [0.3, 0.4) is 0 Å². The topological polar surface area (TPSA) is 67.2 Å². The number of carboxylic acids is 1. The maximum atomic E-state index is 12.5. The summed E-state index contributed by atoms with van der Waals surface area (Å²) in [6.07, 6.45) is 6.03. The van der Waals surface area contributed by atoms with Gasteiger partial charge in [-0.25, -0.2) is 4.98 Å². The van der Waals surface area contributed by atoms with E-state index in [1.807, 2.05) is 38.1 Å². The maximum absolute atomic E-state index is 12.5. The molecule has 3 aromatic rings. The van der Waals surface area contributed by atoms with Crippen molar-refractivity contribution in [1.29, 1.82) is 0 Å². The first-order valence-corrected chi connectivity index (χ1v) is 9.75. The summed E-state index contributed by atoms with van der Waals surface area (Å²) in [6.45, 7) is 4.54. The van der Waals surface area contributed by atoms with Gasteiger partial charge in [0.05, 0.1) is 23.3 Å². The van der Waals surface area contributed by atoms with Gasteiger partial charge in [-0.2, -0.15) is 0 Å². The molecule has 30 heavy (non-hydrogen) atoms. The van der Waals surface area contributed by atoms with Crippen molar-refractivity contribution in [3.63, 3.8) is 0 Å². The fraction of sp³-hybridized carbons (Fsp3) is 0.250. The predicted molar refractivity (Wildman–Crippen MR) is 108 cm³/mol. The van der Waals surface area contributed by atoms with Gasteiger partial charge in [-0.05, 0) is 72.4 Å². The molecule has 0 saturated carbocycles. The second-order valence-corrected chi connectivity index (χ2v) is 7.96. The smallest absolute Gasteiger partial charge is 0.547 e. The maximum Gasteiger partial charge on any atom is 1.00 e. The van der Waals surface area contributed by atoms with Crippen molar-refractivity contribution in [3.05, 3.63) is 88.5 Å². The van der Waals surface area contributed by atoms with E-state index in [4.69, 9.17) is 4.74 Å². The van der Waals surface area contributed by atoms with Crippen LogP contribution in [0, 0.1) is 13.8 Å². The van der Waals surface area contributed by atoms with Crippen molar-refractivity contribution >= 4 is 17.0 Å². The normalized spacial score (nSPS) is 20.1. The van der Waals surface area contributed by atoms with Crippen molar-refractivity contribution < 1.29 is 44.2 Å². The average Bonchev–Trinajstić information content (AvgIpc) is 3.01. The van der Waals surface area contributed by atoms with E-state index in [0.717, 1.165) is 39.1 Å².